The van der Waals surface area contributed by atoms with E-state index in [0.29, 0.717) is 12.5 Å². The second-order valence-corrected chi connectivity index (χ2v) is 7.30. The number of hydrogen-bond donors (Lipinski definition) is 1. The van der Waals surface area contributed by atoms with Gasteiger partial charge in [0.2, 0.25) is 5.91 Å². The molecule has 7 nitrogen and oxygen atoms in total. The highest BCUT2D eigenvalue weighted by molar-refractivity contribution is 14.0. The van der Waals surface area contributed by atoms with Crippen LogP contribution in [0.15, 0.2) is 27.8 Å². The van der Waals surface area contributed by atoms with Crippen LogP contribution in [0, 0.1) is 0 Å². The van der Waals surface area contributed by atoms with E-state index < -0.39 is 0 Å². The molecule has 2 aliphatic heterocycles. The first-order valence-electron chi connectivity index (χ1n) is 10.3. The number of aliphatic imine (C=N–C) groups is 1. The van der Waals surface area contributed by atoms with Crippen molar-refractivity contribution in [3.63, 3.8) is 0 Å². The van der Waals surface area contributed by atoms with Crippen LogP contribution in [0.5, 0.6) is 0 Å². The van der Waals surface area contributed by atoms with E-state index in [1.165, 1.54) is 0 Å². The average Bonchev–Trinajstić information content (AvgIpc) is 3.40. The number of rotatable bonds is 6. The van der Waals surface area contributed by atoms with Crippen LogP contribution in [0.3, 0.4) is 0 Å². The molecule has 1 atom stereocenters. The van der Waals surface area contributed by atoms with E-state index >= 15 is 0 Å². The Balaban J connectivity index is 0.00000280. The summed E-state index contributed by atoms with van der Waals surface area (Å²) in [5, 5.41) is 3.40. The predicted molar refractivity (Wildman–Crippen MR) is 122 cm³/mol. The molecule has 0 aromatic carbocycles. The van der Waals surface area contributed by atoms with Crippen LogP contribution in [0.2, 0.25) is 0 Å². The molecule has 0 radical (unpaired) electrons. The quantitative estimate of drug-likeness (QED) is 0.366. The monoisotopic (exact) mass is 503 g/mol. The van der Waals surface area contributed by atoms with Gasteiger partial charge in [0.15, 0.2) is 5.96 Å². The minimum Gasteiger partial charge on any atom is -0.469 e. The first-order chi connectivity index (χ1) is 13.2. The molecule has 1 aromatic heterocycles. The number of hydrogen-bond acceptors (Lipinski definition) is 4. The minimum absolute atomic E-state index is 0. The van der Waals surface area contributed by atoms with Crippen LogP contribution in [0.25, 0.3) is 0 Å². The highest BCUT2D eigenvalue weighted by Crippen LogP contribution is 2.14. The molecule has 0 spiro atoms. The van der Waals surface area contributed by atoms with E-state index in [9.17, 15) is 4.79 Å². The Labute approximate surface area is 185 Å². The predicted octanol–water partition coefficient (Wildman–Crippen LogP) is 2.03. The van der Waals surface area contributed by atoms with Crippen molar-refractivity contribution >= 4 is 35.8 Å². The Kier molecular flexibility index (Phi) is 9.57. The van der Waals surface area contributed by atoms with Gasteiger partial charge in [-0.2, -0.15) is 0 Å². The van der Waals surface area contributed by atoms with Crippen LogP contribution in [-0.2, 0) is 11.2 Å². The van der Waals surface area contributed by atoms with Gasteiger partial charge in [0.05, 0.1) is 12.3 Å². The summed E-state index contributed by atoms with van der Waals surface area (Å²) in [6.45, 7) is 11.1. The highest BCUT2D eigenvalue weighted by Gasteiger charge is 2.30. The van der Waals surface area contributed by atoms with Gasteiger partial charge in [-0.3, -0.25) is 14.7 Å². The molecule has 0 saturated carbocycles. The minimum atomic E-state index is -0.0243. The van der Waals surface area contributed by atoms with Gasteiger partial charge in [-0.1, -0.05) is 0 Å². The van der Waals surface area contributed by atoms with Gasteiger partial charge in [0.25, 0.3) is 0 Å². The number of guanidine groups is 1. The molecule has 0 bridgehead atoms. The first-order valence-corrected chi connectivity index (χ1v) is 10.3. The first kappa shape index (κ1) is 23.0. The number of carbonyl (C=O) groups is 1. The number of halogens is 1. The Morgan fingerprint density at radius 1 is 1.18 bits per heavy atom. The van der Waals surface area contributed by atoms with Crippen LogP contribution in [0.1, 0.15) is 32.4 Å². The van der Waals surface area contributed by atoms with E-state index in [-0.39, 0.29) is 30.0 Å². The van der Waals surface area contributed by atoms with E-state index in [1.54, 1.807) is 6.26 Å². The summed E-state index contributed by atoms with van der Waals surface area (Å²) >= 11 is 0. The lowest BCUT2D eigenvalue weighted by molar-refractivity contribution is -0.135. The van der Waals surface area contributed by atoms with Crippen molar-refractivity contribution in [3.8, 4) is 0 Å². The molecular formula is C20H34IN5O2. The molecule has 1 unspecified atom stereocenters. The van der Waals surface area contributed by atoms with Crippen LogP contribution >= 0.6 is 24.0 Å². The van der Waals surface area contributed by atoms with Gasteiger partial charge in [0, 0.05) is 58.8 Å². The standard InChI is InChI=1S/C20H33N5O2.HI/c1-3-21-20(22-9-8-18-7-6-16-27-18)25-14-12-23(13-15-25)17(2)19(26)24-10-4-5-11-24;/h6-7,16-17H,3-5,8-15H2,1-2H3,(H,21,22);1H. The van der Waals surface area contributed by atoms with Crippen molar-refractivity contribution in [1.82, 2.24) is 20.0 Å². The fourth-order valence-electron chi connectivity index (χ4n) is 3.83. The van der Waals surface area contributed by atoms with Crippen molar-refractivity contribution in [1.29, 1.82) is 0 Å². The summed E-state index contributed by atoms with van der Waals surface area (Å²) in [6, 6.07) is 3.87. The summed E-state index contributed by atoms with van der Waals surface area (Å²) in [7, 11) is 0. The largest absolute Gasteiger partial charge is 0.469 e. The normalized spacial score (nSPS) is 19.4. The molecule has 1 aromatic rings. The zero-order chi connectivity index (χ0) is 19.1. The molecule has 2 fully saturated rings. The maximum absolute atomic E-state index is 12.6. The second kappa shape index (κ2) is 11.6. The fraction of sp³-hybridized carbons (Fsp3) is 0.700. The summed E-state index contributed by atoms with van der Waals surface area (Å²) in [5.74, 6) is 2.22. The van der Waals surface area contributed by atoms with Gasteiger partial charge in [-0.15, -0.1) is 24.0 Å². The van der Waals surface area contributed by atoms with Crippen molar-refractivity contribution < 1.29 is 9.21 Å². The molecule has 1 amide bonds. The van der Waals surface area contributed by atoms with E-state index in [0.717, 1.165) is 76.8 Å². The molecule has 8 heteroatoms. The Hall–Kier alpha value is -1.29. The number of likely N-dealkylation sites (tertiary alicyclic amines) is 1. The maximum Gasteiger partial charge on any atom is 0.239 e. The smallest absolute Gasteiger partial charge is 0.239 e. The second-order valence-electron chi connectivity index (χ2n) is 7.30. The summed E-state index contributed by atoms with van der Waals surface area (Å²) in [6.07, 6.45) is 4.80. The number of nitrogens with zero attached hydrogens (tertiary/aromatic N) is 4. The lowest BCUT2D eigenvalue weighted by Gasteiger charge is -2.39. The van der Waals surface area contributed by atoms with Crippen molar-refractivity contribution in [2.45, 2.75) is 39.2 Å². The third kappa shape index (κ3) is 6.10. The van der Waals surface area contributed by atoms with Crippen molar-refractivity contribution in [2.75, 3.05) is 52.4 Å². The summed E-state index contributed by atoms with van der Waals surface area (Å²) in [5.41, 5.74) is 0. The van der Waals surface area contributed by atoms with Gasteiger partial charge < -0.3 is 19.5 Å². The number of amides is 1. The SMILES string of the molecule is CCNC(=NCCc1ccco1)N1CCN(C(C)C(=O)N2CCCC2)CC1.I. The number of furan rings is 1. The topological polar surface area (TPSA) is 64.3 Å². The fourth-order valence-corrected chi connectivity index (χ4v) is 3.83. The molecular weight excluding hydrogens is 469 g/mol. The Morgan fingerprint density at radius 3 is 2.50 bits per heavy atom. The maximum atomic E-state index is 12.6. The molecule has 3 heterocycles. The molecule has 3 rings (SSSR count). The summed E-state index contributed by atoms with van der Waals surface area (Å²) < 4.78 is 5.38. The van der Waals surface area contributed by atoms with E-state index in [4.69, 9.17) is 9.41 Å². The lowest BCUT2D eigenvalue weighted by atomic mass is 10.2. The lowest BCUT2D eigenvalue weighted by Crippen LogP contribution is -2.57. The van der Waals surface area contributed by atoms with Crippen LogP contribution in [0.4, 0.5) is 0 Å². The van der Waals surface area contributed by atoms with Crippen molar-refractivity contribution in [3.05, 3.63) is 24.2 Å². The Morgan fingerprint density at radius 2 is 1.89 bits per heavy atom. The molecule has 28 heavy (non-hydrogen) atoms. The zero-order valence-corrected chi connectivity index (χ0v) is 19.4. The van der Waals surface area contributed by atoms with Gasteiger partial charge in [0.1, 0.15) is 5.76 Å². The number of carbonyl (C=O) groups excluding carboxylic acids is 1. The Bertz CT molecular complexity index is 608. The molecule has 2 saturated heterocycles. The van der Waals surface area contributed by atoms with Gasteiger partial charge >= 0.3 is 0 Å². The number of piperazine rings is 1. The number of nitrogens with one attached hydrogen (secondary N) is 1. The third-order valence-electron chi connectivity index (χ3n) is 5.47. The van der Waals surface area contributed by atoms with Crippen LogP contribution < -0.4 is 5.32 Å². The zero-order valence-electron chi connectivity index (χ0n) is 17.1. The molecule has 2 aliphatic rings. The molecule has 158 valence electrons. The van der Waals surface area contributed by atoms with Gasteiger partial charge in [-0.25, -0.2) is 0 Å². The highest BCUT2D eigenvalue weighted by atomic mass is 127. The molecule has 0 aliphatic carbocycles. The third-order valence-corrected chi connectivity index (χ3v) is 5.47. The van der Waals surface area contributed by atoms with Crippen LogP contribution in [-0.4, -0.2) is 85.0 Å². The molecule has 1 N–H and O–H groups in total. The van der Waals surface area contributed by atoms with E-state index in [1.807, 2.05) is 17.0 Å². The van der Waals surface area contributed by atoms with Crippen molar-refractivity contribution in [2.24, 2.45) is 4.99 Å². The summed E-state index contributed by atoms with van der Waals surface area (Å²) in [4.78, 5) is 24.0. The average molecular weight is 503 g/mol. The van der Waals surface area contributed by atoms with Gasteiger partial charge in [-0.05, 0) is 38.8 Å². The van der Waals surface area contributed by atoms with E-state index in [2.05, 4.69) is 29.0 Å².